The van der Waals surface area contributed by atoms with Crippen LogP contribution >= 0.6 is 11.8 Å². The molecule has 0 radical (unpaired) electrons. The first-order chi connectivity index (χ1) is 11.3. The average Bonchev–Trinajstić information content (AvgIpc) is 3.25. The minimum atomic E-state index is -0.138. The van der Waals surface area contributed by atoms with E-state index in [1.807, 2.05) is 30.1 Å². The van der Waals surface area contributed by atoms with Gasteiger partial charge in [0, 0.05) is 29.9 Å². The SMILES string of the molecule is O=C(NCCSC1CCCCC1)c1ccc(Cn2cccn2)o1. The molecule has 0 atom stereocenters. The van der Waals surface area contributed by atoms with Gasteiger partial charge in [-0.3, -0.25) is 9.48 Å². The maximum Gasteiger partial charge on any atom is 0.287 e. The van der Waals surface area contributed by atoms with Crippen molar-refractivity contribution in [1.82, 2.24) is 15.1 Å². The number of rotatable bonds is 7. The molecular weight excluding hydrogens is 310 g/mol. The zero-order chi connectivity index (χ0) is 15.9. The molecule has 2 aromatic rings. The number of carbonyl (C=O) groups excluding carboxylic acids is 1. The van der Waals surface area contributed by atoms with Gasteiger partial charge in [0.1, 0.15) is 5.76 Å². The Hall–Kier alpha value is -1.69. The van der Waals surface area contributed by atoms with E-state index in [0.717, 1.165) is 16.8 Å². The van der Waals surface area contributed by atoms with Crippen molar-refractivity contribution in [3.63, 3.8) is 0 Å². The second kappa shape index (κ2) is 8.24. The second-order valence-electron chi connectivity index (χ2n) is 5.86. The topological polar surface area (TPSA) is 60.1 Å². The number of thioether (sulfide) groups is 1. The number of hydrogen-bond donors (Lipinski definition) is 1. The summed E-state index contributed by atoms with van der Waals surface area (Å²) in [4.78, 5) is 12.1. The fourth-order valence-corrected chi connectivity index (χ4v) is 4.07. The highest BCUT2D eigenvalue weighted by molar-refractivity contribution is 7.99. The van der Waals surface area contributed by atoms with Gasteiger partial charge < -0.3 is 9.73 Å². The zero-order valence-electron chi connectivity index (χ0n) is 13.2. The summed E-state index contributed by atoms with van der Waals surface area (Å²) in [5, 5.41) is 7.84. The third-order valence-corrected chi connectivity index (χ3v) is 5.44. The summed E-state index contributed by atoms with van der Waals surface area (Å²) in [6.07, 6.45) is 10.3. The van der Waals surface area contributed by atoms with Crippen molar-refractivity contribution in [3.05, 3.63) is 42.1 Å². The number of nitrogens with one attached hydrogen (secondary N) is 1. The van der Waals surface area contributed by atoms with Gasteiger partial charge in [0.2, 0.25) is 0 Å². The molecular formula is C17H23N3O2S. The van der Waals surface area contributed by atoms with Crippen LogP contribution in [0.2, 0.25) is 0 Å². The first-order valence-electron chi connectivity index (χ1n) is 8.27. The van der Waals surface area contributed by atoms with Crippen molar-refractivity contribution in [2.75, 3.05) is 12.3 Å². The van der Waals surface area contributed by atoms with Crippen molar-refractivity contribution in [3.8, 4) is 0 Å². The summed E-state index contributed by atoms with van der Waals surface area (Å²) >= 11 is 1.99. The lowest BCUT2D eigenvalue weighted by Crippen LogP contribution is -2.26. The van der Waals surface area contributed by atoms with E-state index in [1.54, 1.807) is 16.9 Å². The molecule has 1 aliphatic rings. The average molecular weight is 333 g/mol. The van der Waals surface area contributed by atoms with Crippen LogP contribution in [0.5, 0.6) is 0 Å². The van der Waals surface area contributed by atoms with Gasteiger partial charge in [-0.1, -0.05) is 19.3 Å². The Balaban J connectivity index is 1.39. The lowest BCUT2D eigenvalue weighted by molar-refractivity contribution is 0.0926. The summed E-state index contributed by atoms with van der Waals surface area (Å²) < 4.78 is 7.35. The van der Waals surface area contributed by atoms with Crippen LogP contribution in [0, 0.1) is 0 Å². The first-order valence-corrected chi connectivity index (χ1v) is 9.32. The summed E-state index contributed by atoms with van der Waals surface area (Å²) in [5.41, 5.74) is 0. The van der Waals surface area contributed by atoms with Gasteiger partial charge in [-0.05, 0) is 31.0 Å². The van der Waals surface area contributed by atoms with E-state index >= 15 is 0 Å². The number of hydrogen-bond acceptors (Lipinski definition) is 4. The molecule has 1 saturated carbocycles. The van der Waals surface area contributed by atoms with E-state index in [4.69, 9.17) is 4.42 Å². The molecule has 124 valence electrons. The molecule has 0 unspecified atom stereocenters. The summed E-state index contributed by atoms with van der Waals surface area (Å²) in [6, 6.07) is 5.41. The van der Waals surface area contributed by atoms with Crippen molar-refractivity contribution >= 4 is 17.7 Å². The van der Waals surface area contributed by atoms with Crippen molar-refractivity contribution in [2.45, 2.75) is 43.9 Å². The molecule has 2 heterocycles. The normalized spacial score (nSPS) is 15.7. The van der Waals surface area contributed by atoms with Crippen LogP contribution in [0.25, 0.3) is 0 Å². The van der Waals surface area contributed by atoms with Crippen molar-refractivity contribution in [2.24, 2.45) is 0 Å². The molecule has 0 aliphatic heterocycles. The van der Waals surface area contributed by atoms with E-state index < -0.39 is 0 Å². The summed E-state index contributed by atoms with van der Waals surface area (Å²) in [7, 11) is 0. The number of nitrogens with zero attached hydrogens (tertiary/aromatic N) is 2. The first kappa shape index (κ1) is 16.2. The zero-order valence-corrected chi connectivity index (χ0v) is 14.1. The molecule has 6 heteroatoms. The minimum Gasteiger partial charge on any atom is -0.454 e. The van der Waals surface area contributed by atoms with Crippen LogP contribution in [0.15, 0.2) is 35.0 Å². The molecule has 1 aliphatic carbocycles. The third-order valence-electron chi connectivity index (χ3n) is 4.06. The predicted molar refractivity (Wildman–Crippen MR) is 91.7 cm³/mol. The molecule has 0 saturated heterocycles. The van der Waals surface area contributed by atoms with Crippen LogP contribution in [-0.2, 0) is 6.54 Å². The molecule has 1 fully saturated rings. The quantitative estimate of drug-likeness (QED) is 0.790. The Morgan fingerprint density at radius 3 is 3.00 bits per heavy atom. The Morgan fingerprint density at radius 2 is 2.22 bits per heavy atom. The highest BCUT2D eigenvalue weighted by Crippen LogP contribution is 2.27. The lowest BCUT2D eigenvalue weighted by atomic mass is 10.0. The number of amides is 1. The van der Waals surface area contributed by atoms with E-state index in [2.05, 4.69) is 10.4 Å². The fraction of sp³-hybridized carbons (Fsp3) is 0.529. The molecule has 1 N–H and O–H groups in total. The van der Waals surface area contributed by atoms with Crippen LogP contribution in [0.4, 0.5) is 0 Å². The molecule has 5 nitrogen and oxygen atoms in total. The van der Waals surface area contributed by atoms with Gasteiger partial charge in [-0.15, -0.1) is 0 Å². The molecule has 0 bridgehead atoms. The largest absolute Gasteiger partial charge is 0.454 e. The molecule has 1 amide bonds. The van der Waals surface area contributed by atoms with Crippen molar-refractivity contribution < 1.29 is 9.21 Å². The molecule has 2 aromatic heterocycles. The van der Waals surface area contributed by atoms with Gasteiger partial charge in [-0.25, -0.2) is 0 Å². The number of aromatic nitrogens is 2. The third kappa shape index (κ3) is 4.89. The van der Waals surface area contributed by atoms with Crippen LogP contribution in [0.3, 0.4) is 0 Å². The van der Waals surface area contributed by atoms with Gasteiger partial charge in [0.25, 0.3) is 5.91 Å². The molecule has 23 heavy (non-hydrogen) atoms. The highest BCUT2D eigenvalue weighted by Gasteiger charge is 2.14. The van der Waals surface area contributed by atoms with Crippen LogP contribution < -0.4 is 5.32 Å². The predicted octanol–water partition coefficient (Wildman–Crippen LogP) is 3.32. The molecule has 3 rings (SSSR count). The highest BCUT2D eigenvalue weighted by atomic mass is 32.2. The van der Waals surface area contributed by atoms with Crippen molar-refractivity contribution in [1.29, 1.82) is 0 Å². The maximum absolute atomic E-state index is 12.1. The van der Waals surface area contributed by atoms with Gasteiger partial charge in [0.05, 0.1) is 6.54 Å². The minimum absolute atomic E-state index is 0.138. The Morgan fingerprint density at radius 1 is 1.35 bits per heavy atom. The standard InChI is InChI=1S/C17H23N3O2S/c21-17(18-10-12-23-15-5-2-1-3-6-15)16-8-7-14(22-16)13-20-11-4-9-19-20/h4,7-9,11,15H,1-3,5-6,10,12-13H2,(H,18,21). The monoisotopic (exact) mass is 333 g/mol. The Bertz CT molecular complexity index is 603. The summed E-state index contributed by atoms with van der Waals surface area (Å²) in [5.74, 6) is 1.93. The fourth-order valence-electron chi connectivity index (χ4n) is 2.85. The number of furan rings is 1. The molecule has 0 aromatic carbocycles. The smallest absolute Gasteiger partial charge is 0.287 e. The van der Waals surface area contributed by atoms with Crippen LogP contribution in [-0.4, -0.2) is 33.2 Å². The van der Waals surface area contributed by atoms with Gasteiger partial charge in [0.15, 0.2) is 5.76 Å². The van der Waals surface area contributed by atoms with Gasteiger partial charge >= 0.3 is 0 Å². The van der Waals surface area contributed by atoms with E-state index in [0.29, 0.717) is 18.8 Å². The second-order valence-corrected chi connectivity index (χ2v) is 7.26. The maximum atomic E-state index is 12.1. The lowest BCUT2D eigenvalue weighted by Gasteiger charge is -2.20. The summed E-state index contributed by atoms with van der Waals surface area (Å²) in [6.45, 7) is 1.23. The number of carbonyl (C=O) groups is 1. The van der Waals surface area contributed by atoms with E-state index in [9.17, 15) is 4.79 Å². The van der Waals surface area contributed by atoms with Crippen LogP contribution in [0.1, 0.15) is 48.4 Å². The van der Waals surface area contributed by atoms with E-state index in [1.165, 1.54) is 32.1 Å². The Labute approximate surface area is 140 Å². The molecule has 0 spiro atoms. The Kier molecular flexibility index (Phi) is 5.80. The van der Waals surface area contributed by atoms with E-state index in [-0.39, 0.29) is 5.91 Å². The van der Waals surface area contributed by atoms with Gasteiger partial charge in [-0.2, -0.15) is 16.9 Å².